The van der Waals surface area contributed by atoms with Gasteiger partial charge >= 0.3 is 0 Å². The lowest BCUT2D eigenvalue weighted by molar-refractivity contribution is -0.208. The molecule has 0 saturated heterocycles. The average molecular weight is 483 g/mol. The van der Waals surface area contributed by atoms with Gasteiger partial charge in [-0.25, -0.2) is 0 Å². The molecule has 0 aromatic rings. The maximum atomic E-state index is 11.7. The molecule has 0 aromatic heterocycles. The van der Waals surface area contributed by atoms with Crippen LogP contribution in [-0.4, -0.2) is 66.3 Å². The van der Waals surface area contributed by atoms with Gasteiger partial charge in [-0.05, 0) is 107 Å². The van der Waals surface area contributed by atoms with Gasteiger partial charge in [0.2, 0.25) is 0 Å². The van der Waals surface area contributed by atoms with E-state index in [9.17, 15) is 30.6 Å². The molecular formula is C28H50O6. The number of rotatable bonds is 5. The Kier molecular flexibility index (Phi) is 6.83. The Morgan fingerprint density at radius 3 is 2.06 bits per heavy atom. The molecule has 6 N–H and O–H groups in total. The topological polar surface area (TPSA) is 121 Å². The van der Waals surface area contributed by atoms with E-state index in [1.165, 1.54) is 0 Å². The van der Waals surface area contributed by atoms with E-state index in [0.29, 0.717) is 24.2 Å². The van der Waals surface area contributed by atoms with Crippen LogP contribution in [0.5, 0.6) is 0 Å². The van der Waals surface area contributed by atoms with Gasteiger partial charge in [-0.15, -0.1) is 0 Å². The van der Waals surface area contributed by atoms with E-state index >= 15 is 0 Å². The van der Waals surface area contributed by atoms with Crippen LogP contribution in [0.2, 0.25) is 0 Å². The van der Waals surface area contributed by atoms with Crippen LogP contribution >= 0.6 is 0 Å². The maximum absolute atomic E-state index is 11.7. The van der Waals surface area contributed by atoms with Crippen LogP contribution in [0.4, 0.5) is 0 Å². The lowest BCUT2D eigenvalue weighted by atomic mass is 9.44. The first kappa shape index (κ1) is 26.8. The SMILES string of the molecule is CC(C(O)C(O)C(C)(O)[C@H]1C(O)C[C@H]2[C@@H]3CCC4CC(O)CC[C@]4(C)[C@H]3CC[C@]12C)C(C)(C)O. The van der Waals surface area contributed by atoms with E-state index in [4.69, 9.17) is 0 Å². The fourth-order valence-corrected chi connectivity index (χ4v) is 9.53. The Morgan fingerprint density at radius 2 is 1.44 bits per heavy atom. The van der Waals surface area contributed by atoms with Crippen molar-refractivity contribution in [2.75, 3.05) is 0 Å². The third kappa shape index (κ3) is 3.99. The maximum Gasteiger partial charge on any atom is 0.109 e. The molecule has 6 nitrogen and oxygen atoms in total. The van der Waals surface area contributed by atoms with Crippen molar-refractivity contribution < 1.29 is 30.6 Å². The van der Waals surface area contributed by atoms with Gasteiger partial charge in [0.1, 0.15) is 6.10 Å². The molecule has 34 heavy (non-hydrogen) atoms. The van der Waals surface area contributed by atoms with Gasteiger partial charge in [-0.3, -0.25) is 0 Å². The molecule has 4 rings (SSSR count). The quantitative estimate of drug-likeness (QED) is 0.358. The van der Waals surface area contributed by atoms with Gasteiger partial charge in [-0.2, -0.15) is 0 Å². The molecule has 0 radical (unpaired) electrons. The van der Waals surface area contributed by atoms with Crippen molar-refractivity contribution in [2.24, 2.45) is 46.3 Å². The molecule has 0 heterocycles. The van der Waals surface area contributed by atoms with E-state index in [1.54, 1.807) is 27.7 Å². The molecule has 4 aliphatic carbocycles. The normalized spacial score (nSPS) is 49.2. The van der Waals surface area contributed by atoms with Crippen LogP contribution in [0, 0.1) is 46.3 Å². The Bertz CT molecular complexity index is 748. The largest absolute Gasteiger partial charge is 0.393 e. The van der Waals surface area contributed by atoms with Gasteiger partial charge < -0.3 is 30.6 Å². The minimum atomic E-state index is -1.69. The lowest BCUT2D eigenvalue weighted by Crippen LogP contribution is -2.62. The van der Waals surface area contributed by atoms with Crippen molar-refractivity contribution in [3.8, 4) is 0 Å². The summed E-state index contributed by atoms with van der Waals surface area (Å²) in [7, 11) is 0. The van der Waals surface area contributed by atoms with E-state index < -0.39 is 41.3 Å². The highest BCUT2D eigenvalue weighted by Gasteiger charge is 2.66. The van der Waals surface area contributed by atoms with Crippen molar-refractivity contribution in [1.29, 1.82) is 0 Å². The van der Waals surface area contributed by atoms with Gasteiger partial charge in [0.05, 0.1) is 29.5 Å². The van der Waals surface area contributed by atoms with Crippen LogP contribution < -0.4 is 0 Å². The van der Waals surface area contributed by atoms with Crippen molar-refractivity contribution in [3.05, 3.63) is 0 Å². The minimum absolute atomic E-state index is 0.171. The molecule has 0 bridgehead atoms. The number of fused-ring (bicyclic) bond motifs is 5. The summed E-state index contributed by atoms with van der Waals surface area (Å²) in [6.45, 7) is 11.0. The summed E-state index contributed by atoms with van der Waals surface area (Å²) in [4.78, 5) is 0. The molecule has 0 spiro atoms. The molecule has 4 saturated carbocycles. The zero-order valence-electron chi connectivity index (χ0n) is 22.1. The Morgan fingerprint density at radius 1 is 0.824 bits per heavy atom. The predicted molar refractivity (Wildman–Crippen MR) is 131 cm³/mol. The molecule has 0 aromatic carbocycles. The van der Waals surface area contributed by atoms with Gasteiger partial charge in [0, 0.05) is 11.8 Å². The first-order valence-corrected chi connectivity index (χ1v) is 13.7. The van der Waals surface area contributed by atoms with Gasteiger partial charge in [-0.1, -0.05) is 20.8 Å². The number of aliphatic hydroxyl groups excluding tert-OH is 4. The molecule has 6 heteroatoms. The summed E-state index contributed by atoms with van der Waals surface area (Å²) in [5, 5.41) is 65.8. The second-order valence-electron chi connectivity index (χ2n) is 14.0. The Labute approximate surface area is 205 Å². The first-order chi connectivity index (χ1) is 15.5. The molecule has 4 aliphatic rings. The highest BCUT2D eigenvalue weighted by molar-refractivity contribution is 5.15. The van der Waals surface area contributed by atoms with Crippen LogP contribution in [0.25, 0.3) is 0 Å². The monoisotopic (exact) mass is 482 g/mol. The second-order valence-corrected chi connectivity index (χ2v) is 14.0. The third-order valence-corrected chi connectivity index (χ3v) is 11.8. The standard InChI is InChI=1S/C28H50O6/c1-15(25(2,3)33)22(31)24(32)28(6,34)23-21(30)14-20-18-8-7-16-13-17(29)9-11-26(16,4)19(18)10-12-27(20,23)5/h15-24,29-34H,7-14H2,1-6H3/t15?,16?,17?,18-,19+,20+,21?,22?,23+,24?,26+,27+,28?/m1/s1. The molecule has 13 atom stereocenters. The van der Waals surface area contributed by atoms with Gasteiger partial charge in [0.15, 0.2) is 0 Å². The van der Waals surface area contributed by atoms with Crippen molar-refractivity contribution in [3.63, 3.8) is 0 Å². The molecule has 0 aliphatic heterocycles. The van der Waals surface area contributed by atoms with Crippen molar-refractivity contribution in [2.45, 2.75) is 129 Å². The van der Waals surface area contributed by atoms with Crippen LogP contribution in [-0.2, 0) is 0 Å². The average Bonchev–Trinajstić information content (AvgIpc) is 3.02. The zero-order chi connectivity index (χ0) is 25.4. The van der Waals surface area contributed by atoms with Crippen molar-refractivity contribution in [1.82, 2.24) is 0 Å². The third-order valence-electron chi connectivity index (χ3n) is 11.8. The smallest absolute Gasteiger partial charge is 0.109 e. The van der Waals surface area contributed by atoms with Crippen molar-refractivity contribution >= 4 is 0 Å². The fraction of sp³-hybridized carbons (Fsp3) is 1.00. The highest BCUT2D eigenvalue weighted by atomic mass is 16.4. The second kappa shape index (κ2) is 8.66. The van der Waals surface area contributed by atoms with E-state index in [0.717, 1.165) is 44.9 Å². The molecule has 0 amide bonds. The van der Waals surface area contributed by atoms with Crippen LogP contribution in [0.1, 0.15) is 92.9 Å². The predicted octanol–water partition coefficient (Wildman–Crippen LogP) is 2.86. The van der Waals surface area contributed by atoms with Gasteiger partial charge in [0.25, 0.3) is 0 Å². The summed E-state index contributed by atoms with van der Waals surface area (Å²) in [6.07, 6.45) is 3.88. The number of hydrogen-bond acceptors (Lipinski definition) is 6. The lowest BCUT2D eigenvalue weighted by Gasteiger charge is -2.61. The molecular weight excluding hydrogens is 432 g/mol. The highest BCUT2D eigenvalue weighted by Crippen LogP contribution is 2.68. The first-order valence-electron chi connectivity index (χ1n) is 13.7. The molecule has 7 unspecified atom stereocenters. The van der Waals surface area contributed by atoms with Crippen LogP contribution in [0.15, 0.2) is 0 Å². The summed E-state index contributed by atoms with van der Waals surface area (Å²) in [5.74, 6) is 0.666. The summed E-state index contributed by atoms with van der Waals surface area (Å²) < 4.78 is 0. The molecule has 4 fully saturated rings. The summed E-state index contributed by atoms with van der Waals surface area (Å²) in [6, 6.07) is 0. The van der Waals surface area contributed by atoms with E-state index in [-0.39, 0.29) is 22.9 Å². The summed E-state index contributed by atoms with van der Waals surface area (Å²) >= 11 is 0. The number of aliphatic hydroxyl groups is 6. The minimum Gasteiger partial charge on any atom is -0.393 e. The number of hydrogen-bond donors (Lipinski definition) is 6. The van der Waals surface area contributed by atoms with E-state index in [2.05, 4.69) is 13.8 Å². The zero-order valence-corrected chi connectivity index (χ0v) is 22.1. The summed E-state index contributed by atoms with van der Waals surface area (Å²) in [5.41, 5.74) is -3.01. The Balaban J connectivity index is 1.59. The van der Waals surface area contributed by atoms with E-state index in [1.807, 2.05) is 0 Å². The Hall–Kier alpha value is -0.240. The van der Waals surface area contributed by atoms with Crippen LogP contribution in [0.3, 0.4) is 0 Å². The molecule has 198 valence electrons. The fourth-order valence-electron chi connectivity index (χ4n) is 9.53.